The highest BCUT2D eigenvalue weighted by Gasteiger charge is 2.52. The fourth-order valence-electron chi connectivity index (χ4n) is 5.91. The second kappa shape index (κ2) is 7.71. The second-order valence-corrected chi connectivity index (χ2v) is 9.82. The van der Waals surface area contributed by atoms with Crippen molar-refractivity contribution >= 4 is 28.7 Å². The van der Waals surface area contributed by atoms with Crippen molar-refractivity contribution in [1.29, 1.82) is 0 Å². The normalized spacial score (nSPS) is 28.3. The lowest BCUT2D eigenvalue weighted by Gasteiger charge is -2.56. The summed E-state index contributed by atoms with van der Waals surface area (Å²) in [4.78, 5) is 17.5. The summed E-state index contributed by atoms with van der Waals surface area (Å²) in [6, 6.07) is 1.97. The van der Waals surface area contributed by atoms with E-state index in [9.17, 15) is 0 Å². The molecule has 0 saturated carbocycles. The van der Waals surface area contributed by atoms with Gasteiger partial charge in [0.15, 0.2) is 5.82 Å². The van der Waals surface area contributed by atoms with Crippen molar-refractivity contribution in [1.82, 2.24) is 20.4 Å². The molecule has 10 heteroatoms. The van der Waals surface area contributed by atoms with E-state index >= 15 is 4.39 Å². The lowest BCUT2D eigenvalue weighted by atomic mass is 9.68. The SMILES string of the molecule is C[C@@H]1CN2c3c(cc4c(-c5cncc(N(C)C)n5)noc4c3F)CC3(C=NCNC3)[C@H]2[C@H](C)O1. The molecule has 3 aromatic rings. The number of fused-ring (bicyclic) bond motifs is 5. The van der Waals surface area contributed by atoms with Gasteiger partial charge in [-0.1, -0.05) is 5.16 Å². The fraction of sp³-hybridized carbons (Fsp3) is 0.500. The maximum atomic E-state index is 16.2. The third-order valence-electron chi connectivity index (χ3n) is 7.16. The Morgan fingerprint density at radius 3 is 2.88 bits per heavy atom. The Kier molecular flexibility index (Phi) is 4.86. The minimum Gasteiger partial charge on any atom is -0.372 e. The van der Waals surface area contributed by atoms with Crippen molar-refractivity contribution in [2.24, 2.45) is 10.4 Å². The minimum atomic E-state index is -0.384. The molecule has 0 aliphatic carbocycles. The number of halogens is 1. The maximum absolute atomic E-state index is 16.2. The predicted molar refractivity (Wildman–Crippen MR) is 128 cm³/mol. The highest BCUT2D eigenvalue weighted by atomic mass is 19.1. The molecule has 1 spiro atoms. The summed E-state index contributed by atoms with van der Waals surface area (Å²) in [5.41, 5.74) is 2.37. The molecule has 1 unspecified atom stereocenters. The first-order chi connectivity index (χ1) is 16.4. The number of anilines is 2. The van der Waals surface area contributed by atoms with E-state index < -0.39 is 0 Å². The summed E-state index contributed by atoms with van der Waals surface area (Å²) in [7, 11) is 3.79. The first-order valence-corrected chi connectivity index (χ1v) is 11.6. The van der Waals surface area contributed by atoms with Gasteiger partial charge in [-0.2, -0.15) is 0 Å². The van der Waals surface area contributed by atoms with Crippen LogP contribution in [-0.2, 0) is 11.2 Å². The summed E-state index contributed by atoms with van der Waals surface area (Å²) >= 11 is 0. The molecule has 4 atom stereocenters. The Morgan fingerprint density at radius 2 is 2.12 bits per heavy atom. The van der Waals surface area contributed by atoms with Crippen molar-refractivity contribution in [3.05, 3.63) is 29.8 Å². The molecule has 2 aromatic heterocycles. The van der Waals surface area contributed by atoms with Crippen LogP contribution in [-0.4, -0.2) is 73.4 Å². The van der Waals surface area contributed by atoms with Gasteiger partial charge in [-0.3, -0.25) is 15.3 Å². The van der Waals surface area contributed by atoms with Gasteiger partial charge in [0.25, 0.3) is 0 Å². The van der Waals surface area contributed by atoms with Gasteiger partial charge in [0.1, 0.15) is 17.2 Å². The van der Waals surface area contributed by atoms with Crippen LogP contribution >= 0.6 is 0 Å². The molecule has 1 N–H and O–H groups in total. The number of rotatable bonds is 2. The molecule has 178 valence electrons. The molecule has 9 nitrogen and oxygen atoms in total. The molecule has 1 aromatic carbocycles. The zero-order valence-electron chi connectivity index (χ0n) is 19.7. The molecule has 0 bridgehead atoms. The van der Waals surface area contributed by atoms with E-state index in [2.05, 4.69) is 43.5 Å². The van der Waals surface area contributed by atoms with Crippen LogP contribution in [0, 0.1) is 11.2 Å². The van der Waals surface area contributed by atoms with Crippen molar-refractivity contribution in [3.8, 4) is 11.4 Å². The van der Waals surface area contributed by atoms with Crippen molar-refractivity contribution in [2.75, 3.05) is 43.7 Å². The average Bonchev–Trinajstić information content (AvgIpc) is 3.23. The van der Waals surface area contributed by atoms with E-state index in [0.29, 0.717) is 47.9 Å². The summed E-state index contributed by atoms with van der Waals surface area (Å²) in [6.07, 6.45) is 5.90. The van der Waals surface area contributed by atoms with E-state index in [-0.39, 0.29) is 35.1 Å². The number of nitrogens with one attached hydrogen (secondary N) is 1. The number of aromatic nitrogens is 3. The largest absolute Gasteiger partial charge is 0.372 e. The van der Waals surface area contributed by atoms with Crippen molar-refractivity contribution < 1.29 is 13.7 Å². The number of ether oxygens (including phenoxy) is 1. The molecule has 0 amide bonds. The van der Waals surface area contributed by atoms with Crippen molar-refractivity contribution in [2.45, 2.75) is 38.5 Å². The molecule has 3 aliphatic rings. The predicted octanol–water partition coefficient (Wildman–Crippen LogP) is 2.65. The summed E-state index contributed by atoms with van der Waals surface area (Å²) in [5.74, 6) is 0.305. The first kappa shape index (κ1) is 21.4. The van der Waals surface area contributed by atoms with Crippen LogP contribution in [0.4, 0.5) is 15.9 Å². The average molecular weight is 466 g/mol. The molecule has 34 heavy (non-hydrogen) atoms. The number of hydrogen-bond acceptors (Lipinski definition) is 9. The molecule has 6 rings (SSSR count). The van der Waals surface area contributed by atoms with Crippen molar-refractivity contribution in [3.63, 3.8) is 0 Å². The third kappa shape index (κ3) is 3.12. The van der Waals surface area contributed by atoms with Gasteiger partial charge in [0.2, 0.25) is 5.58 Å². The quantitative estimate of drug-likeness (QED) is 0.618. The molecule has 1 fully saturated rings. The maximum Gasteiger partial charge on any atom is 0.205 e. The number of morpholine rings is 1. The lowest BCUT2D eigenvalue weighted by Crippen LogP contribution is -2.67. The van der Waals surface area contributed by atoms with Gasteiger partial charge in [-0.05, 0) is 31.9 Å². The van der Waals surface area contributed by atoms with Crippen LogP contribution in [0.5, 0.6) is 0 Å². The van der Waals surface area contributed by atoms with Gasteiger partial charge in [0, 0.05) is 38.8 Å². The zero-order valence-corrected chi connectivity index (χ0v) is 19.7. The fourth-order valence-corrected chi connectivity index (χ4v) is 5.91. The highest BCUT2D eigenvalue weighted by molar-refractivity contribution is 5.95. The zero-order chi connectivity index (χ0) is 23.6. The smallest absolute Gasteiger partial charge is 0.205 e. The molecule has 5 heterocycles. The van der Waals surface area contributed by atoms with Gasteiger partial charge >= 0.3 is 0 Å². The molecule has 1 saturated heterocycles. The van der Waals surface area contributed by atoms with Crippen LogP contribution in [0.3, 0.4) is 0 Å². The Balaban J connectivity index is 1.55. The first-order valence-electron chi connectivity index (χ1n) is 11.6. The summed E-state index contributed by atoms with van der Waals surface area (Å²) in [5, 5.41) is 8.23. The molecular formula is C24H28FN7O2. The standard InChI is InChI=1S/C24H28FN7O2/c1-13-9-32-21-15(6-24(10-27-12-28-11-24)23(32)14(2)33-13)5-16-20(30-34-22(16)19(21)25)17-7-26-8-18(29-17)31(3)4/h5,7-8,10,13-14,23,28H,6,9,11-12H2,1-4H3/t13-,14+,23-,24?/m1/s1. The highest BCUT2D eigenvalue weighted by Crippen LogP contribution is 2.48. The monoisotopic (exact) mass is 465 g/mol. The Morgan fingerprint density at radius 1 is 1.26 bits per heavy atom. The van der Waals surface area contributed by atoms with E-state index in [4.69, 9.17) is 9.26 Å². The summed E-state index contributed by atoms with van der Waals surface area (Å²) in [6.45, 7) is 6.04. The van der Waals surface area contributed by atoms with Gasteiger partial charge in [-0.15, -0.1) is 0 Å². The van der Waals surface area contributed by atoms with E-state index in [0.717, 1.165) is 12.1 Å². The van der Waals surface area contributed by atoms with Crippen LogP contribution in [0.1, 0.15) is 19.4 Å². The van der Waals surface area contributed by atoms with Crippen LogP contribution in [0.15, 0.2) is 28.0 Å². The number of aliphatic imine (C=N–C) groups is 1. The number of nitrogens with zero attached hydrogens (tertiary/aromatic N) is 6. The molecule has 3 aliphatic heterocycles. The van der Waals surface area contributed by atoms with Crippen LogP contribution < -0.4 is 15.1 Å². The van der Waals surface area contributed by atoms with E-state index in [1.54, 1.807) is 12.4 Å². The van der Waals surface area contributed by atoms with Gasteiger partial charge in [0.05, 0.1) is 48.4 Å². The number of benzene rings is 1. The Bertz CT molecular complexity index is 1290. The number of hydrogen-bond donors (Lipinski definition) is 1. The molecule has 0 radical (unpaired) electrons. The van der Waals surface area contributed by atoms with E-state index in [1.165, 1.54) is 0 Å². The van der Waals surface area contributed by atoms with Gasteiger partial charge < -0.3 is 19.1 Å². The molecular weight excluding hydrogens is 437 g/mol. The van der Waals surface area contributed by atoms with Gasteiger partial charge in [-0.25, -0.2) is 9.37 Å². The lowest BCUT2D eigenvalue weighted by molar-refractivity contribution is -0.0522. The topological polar surface area (TPSA) is 91.9 Å². The van der Waals surface area contributed by atoms with Crippen LogP contribution in [0.2, 0.25) is 0 Å². The Labute approximate surface area is 197 Å². The van der Waals surface area contributed by atoms with E-state index in [1.807, 2.05) is 32.0 Å². The minimum absolute atomic E-state index is 0.0211. The third-order valence-corrected chi connectivity index (χ3v) is 7.16. The Hall–Kier alpha value is -3.11. The van der Waals surface area contributed by atoms with Crippen LogP contribution in [0.25, 0.3) is 22.4 Å². The second-order valence-electron chi connectivity index (χ2n) is 9.82. The summed E-state index contributed by atoms with van der Waals surface area (Å²) < 4.78 is 27.9.